The minimum Gasteiger partial charge on any atom is -0.497 e. The topological polar surface area (TPSA) is 61.8 Å². The molecule has 23 heavy (non-hydrogen) atoms. The van der Waals surface area contributed by atoms with Crippen molar-refractivity contribution in [2.24, 2.45) is 0 Å². The van der Waals surface area contributed by atoms with Crippen LogP contribution in [0.4, 0.5) is 0 Å². The third-order valence-corrected chi connectivity index (χ3v) is 3.56. The average molecular weight is 343 g/mol. The van der Waals surface area contributed by atoms with E-state index in [0.29, 0.717) is 11.3 Å². The van der Waals surface area contributed by atoms with Gasteiger partial charge >= 0.3 is 11.9 Å². The van der Waals surface area contributed by atoms with Crippen LogP contribution in [0.25, 0.3) is 0 Å². The van der Waals surface area contributed by atoms with Crippen molar-refractivity contribution >= 4 is 23.5 Å². The standard InChI is InChI=1S/C17H23ClO5/c1-6-22-14(19)17(11-18,15(20)23-16(2,3)4)12-7-9-13(21-5)10-8-12/h7-10H,6,11H2,1-5H3. The molecule has 1 aromatic carbocycles. The molecule has 0 radical (unpaired) electrons. The molecule has 0 aliphatic heterocycles. The number of ether oxygens (including phenoxy) is 3. The Morgan fingerprint density at radius 2 is 1.65 bits per heavy atom. The fraction of sp³-hybridized carbons (Fsp3) is 0.529. The van der Waals surface area contributed by atoms with E-state index in [2.05, 4.69) is 0 Å². The Kier molecular flexibility index (Phi) is 6.45. The second-order valence-corrected chi connectivity index (χ2v) is 6.26. The van der Waals surface area contributed by atoms with Gasteiger partial charge in [0, 0.05) is 0 Å². The first kappa shape index (κ1) is 19.3. The summed E-state index contributed by atoms with van der Waals surface area (Å²) in [6.07, 6.45) is 0. The number of rotatable bonds is 6. The van der Waals surface area contributed by atoms with Crippen LogP contribution in [0.1, 0.15) is 33.3 Å². The van der Waals surface area contributed by atoms with Gasteiger partial charge in [-0.1, -0.05) is 12.1 Å². The van der Waals surface area contributed by atoms with E-state index >= 15 is 0 Å². The van der Waals surface area contributed by atoms with Gasteiger partial charge in [0.15, 0.2) is 0 Å². The minimum absolute atomic E-state index is 0.135. The smallest absolute Gasteiger partial charge is 0.329 e. The van der Waals surface area contributed by atoms with Crippen molar-refractivity contribution in [1.82, 2.24) is 0 Å². The second kappa shape index (κ2) is 7.68. The van der Waals surface area contributed by atoms with E-state index in [-0.39, 0.29) is 12.5 Å². The Labute approximate surface area is 141 Å². The molecule has 0 fully saturated rings. The number of carbonyl (C=O) groups excluding carboxylic acids is 2. The third kappa shape index (κ3) is 4.38. The molecule has 128 valence electrons. The van der Waals surface area contributed by atoms with Crippen LogP contribution in [0.3, 0.4) is 0 Å². The van der Waals surface area contributed by atoms with Crippen LogP contribution in [0.15, 0.2) is 24.3 Å². The highest BCUT2D eigenvalue weighted by Gasteiger charge is 2.51. The number of hydrogen-bond donors (Lipinski definition) is 0. The maximum atomic E-state index is 12.7. The zero-order valence-corrected chi connectivity index (χ0v) is 14.9. The molecule has 5 nitrogen and oxygen atoms in total. The lowest BCUT2D eigenvalue weighted by atomic mass is 9.82. The highest BCUT2D eigenvalue weighted by molar-refractivity contribution is 6.24. The molecule has 0 heterocycles. The third-order valence-electron chi connectivity index (χ3n) is 3.15. The summed E-state index contributed by atoms with van der Waals surface area (Å²) in [5.41, 5.74) is -2.06. The van der Waals surface area contributed by atoms with E-state index < -0.39 is 23.0 Å². The quantitative estimate of drug-likeness (QED) is 0.451. The van der Waals surface area contributed by atoms with Crippen LogP contribution in [0.5, 0.6) is 5.75 Å². The van der Waals surface area contributed by atoms with Crippen LogP contribution in [-0.4, -0.2) is 37.1 Å². The minimum atomic E-state index is -1.71. The Morgan fingerprint density at radius 3 is 2.04 bits per heavy atom. The SMILES string of the molecule is CCOC(=O)C(CCl)(C(=O)OC(C)(C)C)c1ccc(OC)cc1. The van der Waals surface area contributed by atoms with Gasteiger partial charge < -0.3 is 14.2 Å². The van der Waals surface area contributed by atoms with Crippen LogP contribution >= 0.6 is 11.6 Å². The average Bonchev–Trinajstić information content (AvgIpc) is 2.47. The van der Waals surface area contributed by atoms with Crippen molar-refractivity contribution in [1.29, 1.82) is 0 Å². The van der Waals surface area contributed by atoms with E-state index in [1.54, 1.807) is 52.0 Å². The van der Waals surface area contributed by atoms with E-state index in [0.717, 1.165) is 0 Å². The molecule has 1 unspecified atom stereocenters. The molecule has 0 saturated carbocycles. The number of esters is 2. The first-order valence-corrected chi connectivity index (χ1v) is 7.86. The summed E-state index contributed by atoms with van der Waals surface area (Å²) in [6, 6.07) is 6.53. The number of carbonyl (C=O) groups is 2. The Bertz CT molecular complexity index is 547. The molecule has 0 bridgehead atoms. The Hall–Kier alpha value is -1.75. The van der Waals surface area contributed by atoms with Crippen LogP contribution in [0.2, 0.25) is 0 Å². The van der Waals surface area contributed by atoms with Gasteiger partial charge in [0.25, 0.3) is 0 Å². The van der Waals surface area contributed by atoms with Crippen molar-refractivity contribution in [3.05, 3.63) is 29.8 Å². The fourth-order valence-electron chi connectivity index (χ4n) is 2.00. The summed E-state index contributed by atoms with van der Waals surface area (Å²) < 4.78 is 15.6. The molecule has 6 heteroatoms. The van der Waals surface area contributed by atoms with Gasteiger partial charge in [-0.25, -0.2) is 0 Å². The molecular formula is C17H23ClO5. The maximum Gasteiger partial charge on any atom is 0.329 e. The normalized spacial score (nSPS) is 13.8. The molecule has 1 atom stereocenters. The number of alkyl halides is 1. The van der Waals surface area contributed by atoms with Crippen molar-refractivity contribution < 1.29 is 23.8 Å². The van der Waals surface area contributed by atoms with Gasteiger partial charge in [-0.2, -0.15) is 0 Å². The first-order chi connectivity index (χ1) is 10.7. The van der Waals surface area contributed by atoms with Crippen molar-refractivity contribution in [3.8, 4) is 5.75 Å². The molecule has 0 amide bonds. The van der Waals surface area contributed by atoms with Crippen LogP contribution in [-0.2, 0) is 24.5 Å². The molecule has 0 N–H and O–H groups in total. The Balaban J connectivity index is 3.38. The van der Waals surface area contributed by atoms with Crippen molar-refractivity contribution in [2.45, 2.75) is 38.7 Å². The summed E-state index contributed by atoms with van der Waals surface area (Å²) in [7, 11) is 1.53. The Morgan fingerprint density at radius 1 is 1.09 bits per heavy atom. The summed E-state index contributed by atoms with van der Waals surface area (Å²) in [6.45, 7) is 6.98. The number of hydrogen-bond acceptors (Lipinski definition) is 5. The number of benzene rings is 1. The van der Waals surface area contributed by atoms with Gasteiger partial charge in [0.2, 0.25) is 5.41 Å². The van der Waals surface area contributed by atoms with E-state index in [4.69, 9.17) is 25.8 Å². The lowest BCUT2D eigenvalue weighted by molar-refractivity contribution is -0.171. The predicted octanol–water partition coefficient (Wildman–Crippen LogP) is 3.08. The fourth-order valence-corrected chi connectivity index (χ4v) is 2.37. The lowest BCUT2D eigenvalue weighted by Gasteiger charge is -2.31. The number of halogens is 1. The van der Waals surface area contributed by atoms with E-state index in [1.807, 2.05) is 0 Å². The largest absolute Gasteiger partial charge is 0.497 e. The zero-order valence-electron chi connectivity index (χ0n) is 14.1. The predicted molar refractivity (Wildman–Crippen MR) is 87.9 cm³/mol. The molecule has 0 aliphatic rings. The van der Waals surface area contributed by atoms with Crippen molar-refractivity contribution in [3.63, 3.8) is 0 Å². The highest BCUT2D eigenvalue weighted by Crippen LogP contribution is 2.32. The van der Waals surface area contributed by atoms with Crippen LogP contribution < -0.4 is 4.74 Å². The molecule has 1 aromatic rings. The molecular weight excluding hydrogens is 320 g/mol. The highest BCUT2D eigenvalue weighted by atomic mass is 35.5. The molecule has 0 aliphatic carbocycles. The maximum absolute atomic E-state index is 12.7. The van der Waals surface area contributed by atoms with Gasteiger partial charge in [-0.05, 0) is 45.4 Å². The molecule has 1 rings (SSSR count). The molecule has 0 spiro atoms. The first-order valence-electron chi connectivity index (χ1n) is 7.32. The van der Waals surface area contributed by atoms with E-state index in [9.17, 15) is 9.59 Å². The van der Waals surface area contributed by atoms with Crippen LogP contribution in [0, 0.1) is 0 Å². The summed E-state index contributed by atoms with van der Waals surface area (Å²) >= 11 is 6.05. The second-order valence-electron chi connectivity index (χ2n) is 5.99. The van der Waals surface area contributed by atoms with Gasteiger partial charge in [0.1, 0.15) is 11.4 Å². The molecule has 0 saturated heterocycles. The van der Waals surface area contributed by atoms with Crippen molar-refractivity contribution in [2.75, 3.05) is 19.6 Å². The van der Waals surface area contributed by atoms with Gasteiger partial charge in [-0.3, -0.25) is 9.59 Å². The van der Waals surface area contributed by atoms with Gasteiger partial charge in [-0.15, -0.1) is 11.6 Å². The zero-order chi connectivity index (χ0) is 17.7. The monoisotopic (exact) mass is 342 g/mol. The summed E-state index contributed by atoms with van der Waals surface area (Å²) in [5.74, 6) is -1.14. The number of methoxy groups -OCH3 is 1. The lowest BCUT2D eigenvalue weighted by Crippen LogP contribution is -2.49. The van der Waals surface area contributed by atoms with E-state index in [1.165, 1.54) is 7.11 Å². The van der Waals surface area contributed by atoms with Gasteiger partial charge in [0.05, 0.1) is 19.6 Å². The molecule has 0 aromatic heterocycles. The summed E-state index contributed by atoms with van der Waals surface area (Å²) in [5, 5.41) is 0. The summed E-state index contributed by atoms with van der Waals surface area (Å²) in [4.78, 5) is 25.3.